The minimum Gasteiger partial charge on any atom is -0.490 e. The van der Waals surface area contributed by atoms with E-state index in [2.05, 4.69) is 28.6 Å². The Kier molecular flexibility index (Phi) is 13.4. The van der Waals surface area contributed by atoms with E-state index in [1.807, 2.05) is 30.9 Å². The number of carbonyl (C=O) groups is 1. The number of hydrogen-bond acceptors (Lipinski definition) is 4. The summed E-state index contributed by atoms with van der Waals surface area (Å²) in [4.78, 5) is 18.3. The number of halogens is 1. The maximum Gasteiger partial charge on any atom is 0.222 e. The average molecular weight is 546 g/mol. The van der Waals surface area contributed by atoms with Crippen molar-refractivity contribution in [1.29, 1.82) is 0 Å². The van der Waals surface area contributed by atoms with Gasteiger partial charge < -0.3 is 25.0 Å². The molecule has 1 aliphatic heterocycles. The number of nitrogens with one attached hydrogen (secondary N) is 2. The van der Waals surface area contributed by atoms with Crippen molar-refractivity contribution >= 4 is 35.8 Å². The third-order valence-corrected chi connectivity index (χ3v) is 5.33. The summed E-state index contributed by atoms with van der Waals surface area (Å²) in [5.74, 6) is 2.66. The number of rotatable bonds is 12. The minimum absolute atomic E-state index is 0. The molecule has 1 heterocycles. The second-order valence-corrected chi connectivity index (χ2v) is 7.36. The highest BCUT2D eigenvalue weighted by atomic mass is 127. The quantitative estimate of drug-likeness (QED) is 0.238. The van der Waals surface area contributed by atoms with E-state index >= 15 is 0 Å². The van der Waals surface area contributed by atoms with Crippen LogP contribution in [0, 0.1) is 0 Å². The third-order valence-electron chi connectivity index (χ3n) is 5.33. The molecule has 2 N–H and O–H groups in total. The van der Waals surface area contributed by atoms with Gasteiger partial charge in [-0.05, 0) is 57.2 Å². The first-order valence-corrected chi connectivity index (χ1v) is 11.2. The third kappa shape index (κ3) is 8.74. The average Bonchev–Trinajstić information content (AvgIpc) is 3.17. The zero-order valence-electron chi connectivity index (χ0n) is 19.4. The Hall–Kier alpha value is -1.71. The molecular formula is C23H39IN4O3. The van der Waals surface area contributed by atoms with Gasteiger partial charge >= 0.3 is 0 Å². The van der Waals surface area contributed by atoms with Crippen molar-refractivity contribution in [2.75, 3.05) is 39.9 Å². The lowest BCUT2D eigenvalue weighted by Crippen LogP contribution is -2.42. The molecule has 0 bridgehead atoms. The number of hydrogen-bond donors (Lipinski definition) is 2. The molecule has 8 heteroatoms. The summed E-state index contributed by atoms with van der Waals surface area (Å²) < 4.78 is 11.3. The molecule has 176 valence electrons. The Morgan fingerprint density at radius 2 is 1.84 bits per heavy atom. The Bertz CT molecular complexity index is 699. The summed E-state index contributed by atoms with van der Waals surface area (Å²) in [6.45, 7) is 9.78. The van der Waals surface area contributed by atoms with E-state index < -0.39 is 0 Å². The van der Waals surface area contributed by atoms with Gasteiger partial charge in [0.15, 0.2) is 17.5 Å². The van der Waals surface area contributed by atoms with Gasteiger partial charge in [-0.3, -0.25) is 9.79 Å². The number of aliphatic imine (C=N–C) groups is 1. The Morgan fingerprint density at radius 1 is 1.13 bits per heavy atom. The number of guanidine groups is 1. The summed E-state index contributed by atoms with van der Waals surface area (Å²) in [5.41, 5.74) is 1.18. The Balaban J connectivity index is 0.00000480. The van der Waals surface area contributed by atoms with Crippen LogP contribution in [0.2, 0.25) is 0 Å². The maximum absolute atomic E-state index is 12.0. The highest BCUT2D eigenvalue weighted by molar-refractivity contribution is 14.0. The van der Waals surface area contributed by atoms with Gasteiger partial charge in [0.1, 0.15) is 0 Å². The minimum atomic E-state index is 0. The normalized spacial score (nSPS) is 14.8. The molecule has 1 fully saturated rings. The largest absolute Gasteiger partial charge is 0.490 e. The number of nitrogens with zero attached hydrogens (tertiary/aromatic N) is 2. The van der Waals surface area contributed by atoms with Crippen LogP contribution >= 0.6 is 24.0 Å². The standard InChI is InChI=1S/C23H38N4O3.HI/c1-5-19(27-16-8-9-22(27)28)13-15-26-23(24-4)25-14-12-18-10-11-20(29-6-2)21(17-18)30-7-3;/h10-11,17,19H,5-9,12-16H2,1-4H3,(H2,24,25,26);1H. The van der Waals surface area contributed by atoms with Crippen molar-refractivity contribution in [2.24, 2.45) is 4.99 Å². The van der Waals surface area contributed by atoms with Crippen LogP contribution in [0.15, 0.2) is 23.2 Å². The van der Waals surface area contributed by atoms with Gasteiger partial charge in [-0.15, -0.1) is 24.0 Å². The van der Waals surface area contributed by atoms with Crippen molar-refractivity contribution in [3.8, 4) is 11.5 Å². The molecule has 1 aromatic rings. The Morgan fingerprint density at radius 3 is 2.45 bits per heavy atom. The number of ether oxygens (including phenoxy) is 2. The van der Waals surface area contributed by atoms with Crippen molar-refractivity contribution in [1.82, 2.24) is 15.5 Å². The summed E-state index contributed by atoms with van der Waals surface area (Å²) in [6, 6.07) is 6.41. The number of amides is 1. The molecule has 1 unspecified atom stereocenters. The number of likely N-dealkylation sites (tertiary alicyclic amines) is 1. The summed E-state index contributed by atoms with van der Waals surface area (Å²) in [6.07, 6.45) is 4.46. The summed E-state index contributed by atoms with van der Waals surface area (Å²) in [7, 11) is 1.78. The molecule has 0 radical (unpaired) electrons. The van der Waals surface area contributed by atoms with Crippen LogP contribution in [0.4, 0.5) is 0 Å². The molecule has 0 spiro atoms. The van der Waals surface area contributed by atoms with Crippen molar-refractivity contribution in [3.63, 3.8) is 0 Å². The molecule has 2 rings (SSSR count). The zero-order valence-corrected chi connectivity index (χ0v) is 21.7. The fourth-order valence-corrected chi connectivity index (χ4v) is 3.79. The van der Waals surface area contributed by atoms with E-state index in [0.29, 0.717) is 31.6 Å². The lowest BCUT2D eigenvalue weighted by molar-refractivity contribution is -0.129. The number of carbonyl (C=O) groups excluding carboxylic acids is 1. The van der Waals surface area contributed by atoms with Gasteiger partial charge in [0.05, 0.1) is 13.2 Å². The summed E-state index contributed by atoms with van der Waals surface area (Å²) in [5, 5.41) is 6.74. The van der Waals surface area contributed by atoms with Crippen LogP contribution in [0.25, 0.3) is 0 Å². The predicted molar refractivity (Wildman–Crippen MR) is 137 cm³/mol. The van der Waals surface area contributed by atoms with E-state index in [1.165, 1.54) is 5.56 Å². The highest BCUT2D eigenvalue weighted by Gasteiger charge is 2.26. The van der Waals surface area contributed by atoms with Crippen LogP contribution < -0.4 is 20.1 Å². The van der Waals surface area contributed by atoms with Gasteiger partial charge in [0.2, 0.25) is 5.91 Å². The monoisotopic (exact) mass is 546 g/mol. The topological polar surface area (TPSA) is 75.2 Å². The van der Waals surface area contributed by atoms with Crippen molar-refractivity contribution < 1.29 is 14.3 Å². The van der Waals surface area contributed by atoms with Crippen LogP contribution in [-0.4, -0.2) is 62.7 Å². The molecule has 0 aromatic heterocycles. The molecule has 7 nitrogen and oxygen atoms in total. The van der Waals surface area contributed by atoms with E-state index in [9.17, 15) is 4.79 Å². The van der Waals surface area contributed by atoms with E-state index in [4.69, 9.17) is 9.47 Å². The van der Waals surface area contributed by atoms with Crippen LogP contribution in [0.3, 0.4) is 0 Å². The molecule has 1 atom stereocenters. The highest BCUT2D eigenvalue weighted by Crippen LogP contribution is 2.28. The summed E-state index contributed by atoms with van der Waals surface area (Å²) >= 11 is 0. The molecule has 0 aliphatic carbocycles. The van der Waals surface area contributed by atoms with Gasteiger partial charge in [0, 0.05) is 39.1 Å². The van der Waals surface area contributed by atoms with Gasteiger partial charge in [-0.1, -0.05) is 13.0 Å². The first-order chi connectivity index (χ1) is 14.6. The predicted octanol–water partition coefficient (Wildman–Crippen LogP) is 3.60. The fraction of sp³-hybridized carbons (Fsp3) is 0.652. The Labute approximate surface area is 204 Å². The maximum atomic E-state index is 12.0. The molecule has 1 aliphatic rings. The SMILES string of the molecule is CCOc1ccc(CCNC(=NC)NCCC(CC)N2CCCC2=O)cc1OCC.I. The van der Waals surface area contributed by atoms with E-state index in [1.54, 1.807) is 7.05 Å². The molecule has 31 heavy (non-hydrogen) atoms. The molecule has 1 amide bonds. The number of benzene rings is 1. The van der Waals surface area contributed by atoms with Gasteiger partial charge in [-0.25, -0.2) is 0 Å². The smallest absolute Gasteiger partial charge is 0.222 e. The first-order valence-electron chi connectivity index (χ1n) is 11.2. The molecule has 1 aromatic carbocycles. The second-order valence-electron chi connectivity index (χ2n) is 7.36. The molecular weight excluding hydrogens is 507 g/mol. The van der Waals surface area contributed by atoms with Crippen molar-refractivity contribution in [2.45, 2.75) is 58.9 Å². The fourth-order valence-electron chi connectivity index (χ4n) is 3.79. The van der Waals surface area contributed by atoms with Gasteiger partial charge in [-0.2, -0.15) is 0 Å². The van der Waals surface area contributed by atoms with Crippen LogP contribution in [0.5, 0.6) is 11.5 Å². The lowest BCUT2D eigenvalue weighted by Gasteiger charge is -2.27. The van der Waals surface area contributed by atoms with Crippen LogP contribution in [0.1, 0.15) is 52.0 Å². The van der Waals surface area contributed by atoms with Crippen LogP contribution in [-0.2, 0) is 11.2 Å². The van der Waals surface area contributed by atoms with E-state index in [0.717, 1.165) is 62.8 Å². The first kappa shape index (κ1) is 27.3. The van der Waals surface area contributed by atoms with E-state index in [-0.39, 0.29) is 24.0 Å². The van der Waals surface area contributed by atoms with Crippen molar-refractivity contribution in [3.05, 3.63) is 23.8 Å². The van der Waals surface area contributed by atoms with Gasteiger partial charge in [0.25, 0.3) is 0 Å². The molecule has 0 saturated carbocycles. The lowest BCUT2D eigenvalue weighted by atomic mass is 10.1. The second kappa shape index (κ2) is 15.2. The zero-order chi connectivity index (χ0) is 21.8. The molecule has 1 saturated heterocycles.